The largest absolute Gasteiger partial charge is 0.323 e. The van der Waals surface area contributed by atoms with Gasteiger partial charge in [0.1, 0.15) is 17.3 Å². The zero-order valence-electron chi connectivity index (χ0n) is 11.0. The molecule has 0 bridgehead atoms. The van der Waals surface area contributed by atoms with Crippen LogP contribution in [0.15, 0.2) is 42.5 Å². The molecule has 2 aromatic rings. The van der Waals surface area contributed by atoms with Crippen molar-refractivity contribution in [3.8, 4) is 0 Å². The number of hydrogen-bond donors (Lipinski definition) is 4. The Morgan fingerprint density at radius 2 is 1.41 bits per heavy atom. The number of nitrogens with one attached hydrogen (secondary N) is 3. The molecule has 0 aromatic heterocycles. The van der Waals surface area contributed by atoms with Crippen LogP contribution < -0.4 is 15.4 Å². The molecule has 9 heteroatoms. The van der Waals surface area contributed by atoms with E-state index in [1.54, 1.807) is 0 Å². The number of halogens is 2. The van der Waals surface area contributed by atoms with Gasteiger partial charge in [-0.15, -0.1) is 0 Å². The first kappa shape index (κ1) is 15.7. The number of thiol groups is 1. The lowest BCUT2D eigenvalue weighted by Crippen LogP contribution is -2.20. The normalized spacial score (nSPS) is 10.3. The predicted octanol–water partition coefficient (Wildman–Crippen LogP) is 2.55. The summed E-state index contributed by atoms with van der Waals surface area (Å²) in [5.74, 6) is -1.79. The predicted molar refractivity (Wildman–Crippen MR) is 79.4 cm³/mol. The molecule has 0 fully saturated rings. The maximum Gasteiger partial charge on any atom is 0.323 e. The lowest BCUT2D eigenvalue weighted by atomic mass is 10.3. The van der Waals surface area contributed by atoms with Gasteiger partial charge >= 0.3 is 6.03 Å². The fraction of sp³-hybridized carbons (Fsp3) is 0. The number of para-hydroxylation sites is 1. The molecule has 0 aliphatic heterocycles. The van der Waals surface area contributed by atoms with Crippen LogP contribution in [0.2, 0.25) is 0 Å². The number of hydrogen-bond acceptors (Lipinski definition) is 3. The van der Waals surface area contributed by atoms with Gasteiger partial charge < -0.3 is 10.6 Å². The summed E-state index contributed by atoms with van der Waals surface area (Å²) < 4.78 is 49.9. The van der Waals surface area contributed by atoms with Gasteiger partial charge in [0, 0.05) is 11.4 Å². The molecule has 0 heterocycles. The fourth-order valence-corrected chi connectivity index (χ4v) is 1.99. The van der Waals surface area contributed by atoms with E-state index in [4.69, 9.17) is 0 Å². The molecular formula is C13H11F2N3O3S. The third kappa shape index (κ3) is 4.16. The van der Waals surface area contributed by atoms with Gasteiger partial charge in [-0.05, 0) is 36.4 Å². The lowest BCUT2D eigenvalue weighted by molar-refractivity contribution is 0.262. The molecule has 6 nitrogen and oxygen atoms in total. The molecule has 0 atom stereocenters. The Morgan fingerprint density at radius 1 is 0.864 bits per heavy atom. The summed E-state index contributed by atoms with van der Waals surface area (Å²) in [4.78, 5) is 11.7. The standard InChI is InChI=1S/C13H11F2N3O3S/c14-10-2-1-3-11(15)12(10)17-13(19)16-8-4-6-9(7-5-8)18-22(20)21/h1-7,22H,(H2,16,17,19)(H,18,20,21). The molecule has 2 amide bonds. The lowest BCUT2D eigenvalue weighted by Gasteiger charge is -2.09. The molecule has 0 aliphatic rings. The van der Waals surface area contributed by atoms with Gasteiger partial charge in [-0.3, -0.25) is 4.72 Å². The summed E-state index contributed by atoms with van der Waals surface area (Å²) in [6.07, 6.45) is 0. The number of rotatable bonds is 4. The van der Waals surface area contributed by atoms with Crippen molar-refractivity contribution in [1.82, 2.24) is 0 Å². The van der Waals surface area contributed by atoms with E-state index in [1.807, 2.05) is 0 Å². The van der Waals surface area contributed by atoms with Crippen LogP contribution in [0.25, 0.3) is 0 Å². The van der Waals surface area contributed by atoms with Crippen LogP contribution in [0.4, 0.5) is 30.6 Å². The summed E-state index contributed by atoms with van der Waals surface area (Å²) in [6.45, 7) is 0. The van der Waals surface area contributed by atoms with Crippen molar-refractivity contribution >= 4 is 34.0 Å². The average molecular weight is 327 g/mol. The summed E-state index contributed by atoms with van der Waals surface area (Å²) in [7, 11) is -2.78. The van der Waals surface area contributed by atoms with E-state index in [2.05, 4.69) is 15.4 Å². The third-order valence-electron chi connectivity index (χ3n) is 2.56. The van der Waals surface area contributed by atoms with Crippen LogP contribution in [0.1, 0.15) is 0 Å². The van der Waals surface area contributed by atoms with Crippen LogP contribution in [0.3, 0.4) is 0 Å². The van der Waals surface area contributed by atoms with Crippen LogP contribution >= 0.6 is 0 Å². The quantitative estimate of drug-likeness (QED) is 0.651. The molecule has 0 aliphatic carbocycles. The van der Waals surface area contributed by atoms with Crippen molar-refractivity contribution < 1.29 is 22.0 Å². The minimum atomic E-state index is -2.78. The molecule has 0 spiro atoms. The van der Waals surface area contributed by atoms with E-state index >= 15 is 0 Å². The van der Waals surface area contributed by atoms with Crippen LogP contribution in [-0.2, 0) is 10.9 Å². The number of carbonyl (C=O) groups is 1. The molecule has 116 valence electrons. The molecule has 0 saturated carbocycles. The number of urea groups is 1. The second kappa shape index (κ2) is 6.85. The molecule has 3 N–H and O–H groups in total. The second-order valence-corrected chi connectivity index (χ2v) is 4.86. The Hall–Kier alpha value is -2.68. The Bertz CT molecular complexity index is 735. The Labute approximate surface area is 126 Å². The molecule has 0 radical (unpaired) electrons. The van der Waals surface area contributed by atoms with Gasteiger partial charge in [0.2, 0.25) is 10.9 Å². The zero-order chi connectivity index (χ0) is 16.1. The number of benzene rings is 2. The minimum absolute atomic E-state index is 0.320. The number of carbonyl (C=O) groups excluding carboxylic acids is 1. The summed E-state index contributed by atoms with van der Waals surface area (Å²) in [5.41, 5.74) is 0.0878. The van der Waals surface area contributed by atoms with E-state index in [0.29, 0.717) is 11.4 Å². The number of anilines is 3. The van der Waals surface area contributed by atoms with Crippen molar-refractivity contribution in [2.24, 2.45) is 0 Å². The Kier molecular flexibility index (Phi) is 4.89. The van der Waals surface area contributed by atoms with Gasteiger partial charge in [0.05, 0.1) is 0 Å². The highest BCUT2D eigenvalue weighted by Gasteiger charge is 2.11. The third-order valence-corrected chi connectivity index (χ3v) is 3.01. The molecule has 0 unspecified atom stereocenters. The highest BCUT2D eigenvalue weighted by molar-refractivity contribution is 7.73. The van der Waals surface area contributed by atoms with Crippen molar-refractivity contribution in [2.75, 3.05) is 15.4 Å². The SMILES string of the molecule is O=C(Nc1ccc(N[SH](=O)=O)cc1)Nc1c(F)cccc1F. The summed E-state index contributed by atoms with van der Waals surface area (Å²) >= 11 is 0. The summed E-state index contributed by atoms with van der Waals surface area (Å²) in [5, 5.41) is 4.42. The van der Waals surface area contributed by atoms with Gasteiger partial charge in [0.15, 0.2) is 0 Å². The van der Waals surface area contributed by atoms with Gasteiger partial charge in [-0.25, -0.2) is 22.0 Å². The molecule has 2 aromatic carbocycles. The van der Waals surface area contributed by atoms with Gasteiger partial charge in [0.25, 0.3) is 0 Å². The van der Waals surface area contributed by atoms with Crippen molar-refractivity contribution in [3.05, 3.63) is 54.1 Å². The maximum absolute atomic E-state index is 13.4. The van der Waals surface area contributed by atoms with Crippen molar-refractivity contribution in [2.45, 2.75) is 0 Å². The van der Waals surface area contributed by atoms with Crippen LogP contribution in [-0.4, -0.2) is 14.4 Å². The topological polar surface area (TPSA) is 87.3 Å². The van der Waals surface area contributed by atoms with E-state index in [-0.39, 0.29) is 0 Å². The molecular weight excluding hydrogens is 316 g/mol. The van der Waals surface area contributed by atoms with Crippen LogP contribution in [0, 0.1) is 11.6 Å². The smallest absolute Gasteiger partial charge is 0.308 e. The van der Waals surface area contributed by atoms with E-state index in [1.165, 1.54) is 30.3 Å². The first-order valence-electron chi connectivity index (χ1n) is 5.99. The second-order valence-electron chi connectivity index (χ2n) is 4.12. The van der Waals surface area contributed by atoms with Gasteiger partial charge in [-0.2, -0.15) is 0 Å². The first-order chi connectivity index (χ1) is 10.5. The van der Waals surface area contributed by atoms with E-state index in [9.17, 15) is 22.0 Å². The van der Waals surface area contributed by atoms with Gasteiger partial charge in [-0.1, -0.05) is 6.07 Å². The maximum atomic E-state index is 13.4. The van der Waals surface area contributed by atoms with E-state index in [0.717, 1.165) is 12.1 Å². The Morgan fingerprint density at radius 3 is 1.95 bits per heavy atom. The summed E-state index contributed by atoms with van der Waals surface area (Å²) in [6, 6.07) is 8.08. The van der Waals surface area contributed by atoms with Crippen molar-refractivity contribution in [1.29, 1.82) is 0 Å². The molecule has 0 saturated heterocycles. The minimum Gasteiger partial charge on any atom is -0.308 e. The molecule has 22 heavy (non-hydrogen) atoms. The van der Waals surface area contributed by atoms with E-state index < -0.39 is 34.2 Å². The average Bonchev–Trinajstić information content (AvgIpc) is 2.45. The van der Waals surface area contributed by atoms with Crippen molar-refractivity contribution in [3.63, 3.8) is 0 Å². The highest BCUT2D eigenvalue weighted by Crippen LogP contribution is 2.19. The number of amides is 2. The first-order valence-corrected chi connectivity index (χ1v) is 7.16. The van der Waals surface area contributed by atoms with Crippen LogP contribution in [0.5, 0.6) is 0 Å². The zero-order valence-corrected chi connectivity index (χ0v) is 11.9. The Balaban J connectivity index is 2.03. The monoisotopic (exact) mass is 327 g/mol. The fourth-order valence-electron chi connectivity index (χ4n) is 1.63. The highest BCUT2D eigenvalue weighted by atomic mass is 32.2. The molecule has 2 rings (SSSR count).